The highest BCUT2D eigenvalue weighted by molar-refractivity contribution is 9.11. The lowest BCUT2D eigenvalue weighted by Gasteiger charge is -2.03. The van der Waals surface area contributed by atoms with Crippen molar-refractivity contribution in [3.05, 3.63) is 32.9 Å². The Morgan fingerprint density at radius 1 is 1.71 bits per heavy atom. The lowest BCUT2D eigenvalue weighted by Crippen LogP contribution is -2.24. The molecule has 2 nitrogen and oxygen atoms in total. The van der Waals surface area contributed by atoms with Crippen molar-refractivity contribution in [2.75, 3.05) is 6.54 Å². The first-order chi connectivity index (χ1) is 6.65. The molecule has 1 amide bonds. The molecular formula is C10H12BrNOS. The SMILES string of the molecule is C=C(Br)CNC(=O)c1sccc1CC. The lowest BCUT2D eigenvalue weighted by atomic mass is 10.2. The molecule has 0 spiro atoms. The molecule has 1 aromatic rings. The summed E-state index contributed by atoms with van der Waals surface area (Å²) in [5.41, 5.74) is 1.10. The number of aryl methyl sites for hydroxylation is 1. The average Bonchev–Trinajstić information content (AvgIpc) is 2.61. The number of carbonyl (C=O) groups excluding carboxylic acids is 1. The van der Waals surface area contributed by atoms with Crippen LogP contribution in [-0.4, -0.2) is 12.5 Å². The van der Waals surface area contributed by atoms with Gasteiger partial charge in [0.25, 0.3) is 5.91 Å². The normalized spacial score (nSPS) is 9.86. The second kappa shape index (κ2) is 5.32. The second-order valence-electron chi connectivity index (χ2n) is 2.83. The van der Waals surface area contributed by atoms with Crippen molar-refractivity contribution in [1.82, 2.24) is 5.32 Å². The van der Waals surface area contributed by atoms with E-state index in [1.165, 1.54) is 11.3 Å². The van der Waals surface area contributed by atoms with E-state index in [4.69, 9.17) is 0 Å². The summed E-state index contributed by atoms with van der Waals surface area (Å²) in [6.07, 6.45) is 0.890. The summed E-state index contributed by atoms with van der Waals surface area (Å²) in [5, 5.41) is 4.73. The Morgan fingerprint density at radius 2 is 2.43 bits per heavy atom. The third kappa shape index (κ3) is 2.96. The van der Waals surface area contributed by atoms with E-state index in [0.29, 0.717) is 6.54 Å². The standard InChI is InChI=1S/C10H12BrNOS/c1-3-8-4-5-14-9(8)10(13)12-6-7(2)11/h4-5H,2-3,6H2,1H3,(H,12,13). The van der Waals surface area contributed by atoms with Gasteiger partial charge >= 0.3 is 0 Å². The van der Waals surface area contributed by atoms with Crippen molar-refractivity contribution in [3.63, 3.8) is 0 Å². The van der Waals surface area contributed by atoms with Crippen molar-refractivity contribution in [2.24, 2.45) is 0 Å². The minimum absolute atomic E-state index is 0.0162. The summed E-state index contributed by atoms with van der Waals surface area (Å²) in [4.78, 5) is 12.4. The van der Waals surface area contributed by atoms with E-state index in [-0.39, 0.29) is 5.91 Å². The minimum Gasteiger partial charge on any atom is -0.347 e. The molecule has 0 fully saturated rings. The van der Waals surface area contributed by atoms with Crippen LogP contribution in [0.25, 0.3) is 0 Å². The molecule has 1 rings (SSSR count). The zero-order chi connectivity index (χ0) is 10.6. The third-order valence-electron chi connectivity index (χ3n) is 1.77. The van der Waals surface area contributed by atoms with Crippen molar-refractivity contribution >= 4 is 33.2 Å². The first-order valence-corrected chi connectivity index (χ1v) is 6.00. The number of carbonyl (C=O) groups is 1. The van der Waals surface area contributed by atoms with Crippen LogP contribution in [0.2, 0.25) is 0 Å². The van der Waals surface area contributed by atoms with Gasteiger partial charge in [-0.15, -0.1) is 11.3 Å². The zero-order valence-electron chi connectivity index (χ0n) is 7.97. The molecule has 4 heteroatoms. The molecule has 0 bridgehead atoms. The van der Waals surface area contributed by atoms with E-state index in [1.54, 1.807) is 0 Å². The van der Waals surface area contributed by atoms with E-state index in [2.05, 4.69) is 27.8 Å². The van der Waals surface area contributed by atoms with Gasteiger partial charge in [-0.25, -0.2) is 0 Å². The predicted molar refractivity (Wildman–Crippen MR) is 64.1 cm³/mol. The molecule has 1 heterocycles. The predicted octanol–water partition coefficient (Wildman–Crippen LogP) is 2.95. The number of nitrogens with one attached hydrogen (secondary N) is 1. The van der Waals surface area contributed by atoms with Gasteiger partial charge in [0.2, 0.25) is 0 Å². The van der Waals surface area contributed by atoms with Gasteiger partial charge in [0.05, 0.1) is 4.88 Å². The monoisotopic (exact) mass is 273 g/mol. The molecule has 0 aliphatic heterocycles. The fourth-order valence-corrected chi connectivity index (χ4v) is 2.12. The topological polar surface area (TPSA) is 29.1 Å². The number of halogens is 1. The van der Waals surface area contributed by atoms with Crippen LogP contribution in [0.1, 0.15) is 22.2 Å². The first-order valence-electron chi connectivity index (χ1n) is 4.33. The number of hydrogen-bond acceptors (Lipinski definition) is 2. The van der Waals surface area contributed by atoms with Gasteiger partial charge in [-0.1, -0.05) is 29.4 Å². The molecule has 0 aliphatic rings. The van der Waals surface area contributed by atoms with Gasteiger partial charge < -0.3 is 5.32 Å². The maximum atomic E-state index is 11.6. The molecule has 1 N–H and O–H groups in total. The van der Waals surface area contributed by atoms with Crippen molar-refractivity contribution in [1.29, 1.82) is 0 Å². The van der Waals surface area contributed by atoms with Gasteiger partial charge in [0, 0.05) is 11.0 Å². The van der Waals surface area contributed by atoms with E-state index in [1.807, 2.05) is 18.4 Å². The molecule has 0 radical (unpaired) electrons. The summed E-state index contributed by atoms with van der Waals surface area (Å²) >= 11 is 4.67. The highest BCUT2D eigenvalue weighted by Crippen LogP contribution is 2.17. The number of rotatable bonds is 4. The zero-order valence-corrected chi connectivity index (χ0v) is 10.4. The van der Waals surface area contributed by atoms with E-state index >= 15 is 0 Å². The number of thiophene rings is 1. The van der Waals surface area contributed by atoms with Crippen LogP contribution in [0.4, 0.5) is 0 Å². The molecule has 0 saturated carbocycles. The van der Waals surface area contributed by atoms with Crippen LogP contribution in [0.15, 0.2) is 22.5 Å². The quantitative estimate of drug-likeness (QED) is 0.898. The van der Waals surface area contributed by atoms with E-state index in [0.717, 1.165) is 21.3 Å². The Hall–Kier alpha value is -0.610. The van der Waals surface area contributed by atoms with Crippen molar-refractivity contribution in [3.8, 4) is 0 Å². The molecule has 0 aliphatic carbocycles. The molecule has 1 aromatic heterocycles. The Balaban J connectivity index is 2.64. The van der Waals surface area contributed by atoms with Crippen LogP contribution >= 0.6 is 27.3 Å². The summed E-state index contributed by atoms with van der Waals surface area (Å²) in [6.45, 7) is 6.17. The van der Waals surface area contributed by atoms with E-state index < -0.39 is 0 Å². The molecule has 0 saturated heterocycles. The van der Waals surface area contributed by atoms with Crippen molar-refractivity contribution in [2.45, 2.75) is 13.3 Å². The summed E-state index contributed by atoms with van der Waals surface area (Å²) in [5.74, 6) is -0.0162. The molecule has 76 valence electrons. The van der Waals surface area contributed by atoms with Gasteiger partial charge in [-0.3, -0.25) is 4.79 Å². The molecular weight excluding hydrogens is 262 g/mol. The maximum Gasteiger partial charge on any atom is 0.261 e. The van der Waals surface area contributed by atoms with Crippen molar-refractivity contribution < 1.29 is 4.79 Å². The van der Waals surface area contributed by atoms with Crippen LogP contribution in [0.3, 0.4) is 0 Å². The second-order valence-corrected chi connectivity index (χ2v) is 4.87. The summed E-state index contributed by atoms with van der Waals surface area (Å²) in [7, 11) is 0. The fourth-order valence-electron chi connectivity index (χ4n) is 1.07. The summed E-state index contributed by atoms with van der Waals surface area (Å²) in [6, 6.07) is 1.99. The molecule has 0 unspecified atom stereocenters. The average molecular weight is 274 g/mol. The minimum atomic E-state index is -0.0162. The molecule has 0 atom stereocenters. The highest BCUT2D eigenvalue weighted by Gasteiger charge is 2.10. The number of amides is 1. The Kier molecular flexibility index (Phi) is 4.35. The highest BCUT2D eigenvalue weighted by atomic mass is 79.9. The van der Waals surface area contributed by atoms with Crippen LogP contribution < -0.4 is 5.32 Å². The maximum absolute atomic E-state index is 11.6. The number of hydrogen-bond donors (Lipinski definition) is 1. The Morgan fingerprint density at radius 3 is 3.00 bits per heavy atom. The van der Waals surface area contributed by atoms with E-state index in [9.17, 15) is 4.79 Å². The third-order valence-corrected chi connectivity index (χ3v) is 3.01. The Labute approximate surface area is 96.2 Å². The largest absolute Gasteiger partial charge is 0.347 e. The first kappa shape index (κ1) is 11.5. The van der Waals surface area contributed by atoms with Gasteiger partial charge in [-0.2, -0.15) is 0 Å². The van der Waals surface area contributed by atoms with Crippen LogP contribution in [-0.2, 0) is 6.42 Å². The molecule has 0 aromatic carbocycles. The van der Waals surface area contributed by atoms with Gasteiger partial charge in [-0.05, 0) is 23.4 Å². The fraction of sp³-hybridized carbons (Fsp3) is 0.300. The van der Waals surface area contributed by atoms with Gasteiger partial charge in [0.1, 0.15) is 0 Å². The smallest absolute Gasteiger partial charge is 0.261 e. The van der Waals surface area contributed by atoms with Crippen LogP contribution in [0.5, 0.6) is 0 Å². The van der Waals surface area contributed by atoms with Gasteiger partial charge in [0.15, 0.2) is 0 Å². The molecule has 14 heavy (non-hydrogen) atoms. The Bertz CT molecular complexity index is 346. The lowest BCUT2D eigenvalue weighted by molar-refractivity contribution is 0.0961. The van der Waals surface area contributed by atoms with Crippen LogP contribution in [0, 0.1) is 0 Å². The summed E-state index contributed by atoms with van der Waals surface area (Å²) < 4.78 is 0.778.